The second kappa shape index (κ2) is 8.55. The lowest BCUT2D eigenvalue weighted by atomic mass is 9.96. The van der Waals surface area contributed by atoms with Gasteiger partial charge in [0.25, 0.3) is 0 Å². The van der Waals surface area contributed by atoms with Crippen molar-refractivity contribution in [3.63, 3.8) is 0 Å². The summed E-state index contributed by atoms with van der Waals surface area (Å²) in [4.78, 5) is 11.8. The number of hydrogen-bond donors (Lipinski definition) is 1. The Labute approximate surface area is 126 Å². The van der Waals surface area contributed by atoms with Crippen molar-refractivity contribution in [3.8, 4) is 11.5 Å². The normalized spacial score (nSPS) is 15.5. The molecule has 1 fully saturated rings. The molecule has 0 aliphatic heterocycles. The molecule has 1 amide bonds. The van der Waals surface area contributed by atoms with Crippen LogP contribution in [0.3, 0.4) is 0 Å². The Morgan fingerprint density at radius 2 is 1.81 bits per heavy atom. The number of rotatable bonds is 6. The van der Waals surface area contributed by atoms with Gasteiger partial charge in [-0.15, -0.1) is 0 Å². The van der Waals surface area contributed by atoms with E-state index >= 15 is 0 Å². The first-order valence-corrected chi connectivity index (χ1v) is 7.99. The van der Waals surface area contributed by atoms with E-state index in [2.05, 4.69) is 12.2 Å². The summed E-state index contributed by atoms with van der Waals surface area (Å²) >= 11 is 0. The van der Waals surface area contributed by atoms with Crippen LogP contribution in [0.4, 0.5) is 4.79 Å². The smallest absolute Gasteiger partial charge is 0.412 e. The molecule has 0 heterocycles. The monoisotopic (exact) mass is 291 g/mol. The average Bonchev–Trinajstić information content (AvgIpc) is 2.50. The molecule has 0 atom stereocenters. The lowest BCUT2D eigenvalue weighted by molar-refractivity contribution is 0.192. The molecule has 2 rings (SSSR count). The van der Waals surface area contributed by atoms with Crippen molar-refractivity contribution in [2.24, 2.45) is 0 Å². The summed E-state index contributed by atoms with van der Waals surface area (Å²) in [6, 6.07) is 7.46. The Morgan fingerprint density at radius 3 is 2.48 bits per heavy atom. The Bertz CT molecular complexity index is 424. The molecule has 1 aromatic rings. The van der Waals surface area contributed by atoms with Crippen LogP contribution in [-0.4, -0.2) is 18.7 Å². The molecule has 1 aromatic carbocycles. The van der Waals surface area contributed by atoms with Crippen LogP contribution in [0.1, 0.15) is 51.9 Å². The summed E-state index contributed by atoms with van der Waals surface area (Å²) in [7, 11) is 0. The first-order valence-electron chi connectivity index (χ1n) is 7.99. The van der Waals surface area contributed by atoms with Crippen molar-refractivity contribution in [2.75, 3.05) is 6.61 Å². The van der Waals surface area contributed by atoms with Gasteiger partial charge in [-0.2, -0.15) is 0 Å². The fraction of sp³-hybridized carbons (Fsp3) is 0.588. The zero-order valence-electron chi connectivity index (χ0n) is 12.8. The topological polar surface area (TPSA) is 47.6 Å². The van der Waals surface area contributed by atoms with E-state index < -0.39 is 0 Å². The van der Waals surface area contributed by atoms with Crippen molar-refractivity contribution in [3.05, 3.63) is 24.3 Å². The molecular weight excluding hydrogens is 266 g/mol. The Balaban J connectivity index is 1.75. The number of unbranched alkanes of at least 4 members (excludes halogenated alkanes) is 1. The number of benzene rings is 1. The summed E-state index contributed by atoms with van der Waals surface area (Å²) in [6.07, 6.45) is 7.56. The highest BCUT2D eigenvalue weighted by Gasteiger charge is 2.16. The van der Waals surface area contributed by atoms with Crippen LogP contribution in [0.2, 0.25) is 0 Å². The molecule has 21 heavy (non-hydrogen) atoms. The average molecular weight is 291 g/mol. The molecule has 1 N–H and O–H groups in total. The van der Waals surface area contributed by atoms with Crippen molar-refractivity contribution in [1.82, 2.24) is 5.32 Å². The van der Waals surface area contributed by atoms with Gasteiger partial charge in [0.15, 0.2) is 0 Å². The van der Waals surface area contributed by atoms with Crippen LogP contribution in [0.15, 0.2) is 24.3 Å². The van der Waals surface area contributed by atoms with E-state index in [1.165, 1.54) is 19.3 Å². The van der Waals surface area contributed by atoms with Crippen LogP contribution >= 0.6 is 0 Å². The third-order valence-corrected chi connectivity index (χ3v) is 3.73. The summed E-state index contributed by atoms with van der Waals surface area (Å²) in [6.45, 7) is 2.85. The Kier molecular flexibility index (Phi) is 6.38. The number of amides is 1. The quantitative estimate of drug-likeness (QED) is 0.795. The molecule has 0 unspecified atom stereocenters. The van der Waals surface area contributed by atoms with E-state index in [0.717, 1.165) is 38.0 Å². The van der Waals surface area contributed by atoms with E-state index in [1.54, 1.807) is 12.1 Å². The van der Waals surface area contributed by atoms with Gasteiger partial charge in [-0.05, 0) is 43.5 Å². The molecule has 1 aliphatic rings. The van der Waals surface area contributed by atoms with E-state index in [0.29, 0.717) is 5.75 Å². The molecular formula is C17H25NO3. The molecule has 0 bridgehead atoms. The predicted octanol–water partition coefficient (Wildman–Crippen LogP) is 4.29. The van der Waals surface area contributed by atoms with E-state index in [9.17, 15) is 4.79 Å². The maximum Gasteiger partial charge on any atom is 0.412 e. The second-order valence-corrected chi connectivity index (χ2v) is 5.54. The maximum atomic E-state index is 11.8. The van der Waals surface area contributed by atoms with E-state index in [-0.39, 0.29) is 12.1 Å². The minimum absolute atomic E-state index is 0.267. The van der Waals surface area contributed by atoms with Gasteiger partial charge >= 0.3 is 6.09 Å². The van der Waals surface area contributed by atoms with Gasteiger partial charge < -0.3 is 14.8 Å². The Morgan fingerprint density at radius 1 is 1.14 bits per heavy atom. The fourth-order valence-corrected chi connectivity index (χ4v) is 2.49. The fourth-order valence-electron chi connectivity index (χ4n) is 2.49. The van der Waals surface area contributed by atoms with Gasteiger partial charge in [-0.3, -0.25) is 0 Å². The summed E-state index contributed by atoms with van der Waals surface area (Å²) in [5.74, 6) is 1.36. The van der Waals surface area contributed by atoms with Gasteiger partial charge in [-0.1, -0.05) is 32.6 Å². The van der Waals surface area contributed by atoms with Crippen LogP contribution < -0.4 is 14.8 Å². The lowest BCUT2D eigenvalue weighted by Crippen LogP contribution is -2.37. The molecule has 4 nitrogen and oxygen atoms in total. The molecule has 4 heteroatoms. The number of carbonyl (C=O) groups excluding carboxylic acids is 1. The standard InChI is InChI=1S/C17H25NO3/c1-2-3-13-20-15-9-11-16(12-10-15)21-17(19)18-14-7-5-4-6-8-14/h9-12,14H,2-8,13H2,1H3,(H,18,19). The zero-order valence-corrected chi connectivity index (χ0v) is 12.8. The van der Waals surface area contributed by atoms with Gasteiger partial charge in [-0.25, -0.2) is 4.79 Å². The van der Waals surface area contributed by atoms with E-state index in [1.807, 2.05) is 12.1 Å². The summed E-state index contributed by atoms with van der Waals surface area (Å²) in [5.41, 5.74) is 0. The minimum Gasteiger partial charge on any atom is -0.494 e. The molecule has 116 valence electrons. The molecule has 0 radical (unpaired) electrons. The lowest BCUT2D eigenvalue weighted by Gasteiger charge is -2.22. The number of nitrogens with one attached hydrogen (secondary N) is 1. The van der Waals surface area contributed by atoms with Crippen LogP contribution in [0.5, 0.6) is 11.5 Å². The maximum absolute atomic E-state index is 11.8. The minimum atomic E-state index is -0.360. The molecule has 0 spiro atoms. The van der Waals surface area contributed by atoms with Gasteiger partial charge in [0.05, 0.1) is 6.61 Å². The SMILES string of the molecule is CCCCOc1ccc(OC(=O)NC2CCCCC2)cc1. The summed E-state index contributed by atoms with van der Waals surface area (Å²) in [5, 5.41) is 2.93. The van der Waals surface area contributed by atoms with Crippen LogP contribution in [-0.2, 0) is 0 Å². The highest BCUT2D eigenvalue weighted by atomic mass is 16.6. The van der Waals surface area contributed by atoms with Crippen molar-refractivity contribution in [2.45, 2.75) is 57.9 Å². The van der Waals surface area contributed by atoms with Gasteiger partial charge in [0, 0.05) is 6.04 Å². The van der Waals surface area contributed by atoms with Gasteiger partial charge in [0.2, 0.25) is 0 Å². The van der Waals surface area contributed by atoms with Crippen LogP contribution in [0.25, 0.3) is 0 Å². The van der Waals surface area contributed by atoms with Crippen molar-refractivity contribution < 1.29 is 14.3 Å². The highest BCUT2D eigenvalue weighted by Crippen LogP contribution is 2.20. The number of carbonyl (C=O) groups is 1. The Hall–Kier alpha value is -1.71. The van der Waals surface area contributed by atoms with Crippen molar-refractivity contribution in [1.29, 1.82) is 0 Å². The second-order valence-electron chi connectivity index (χ2n) is 5.54. The number of ether oxygens (including phenoxy) is 2. The summed E-state index contributed by atoms with van der Waals surface area (Å²) < 4.78 is 10.9. The molecule has 1 aliphatic carbocycles. The van der Waals surface area contributed by atoms with Gasteiger partial charge in [0.1, 0.15) is 11.5 Å². The third kappa shape index (κ3) is 5.66. The van der Waals surface area contributed by atoms with Crippen LogP contribution in [0, 0.1) is 0 Å². The molecule has 0 saturated heterocycles. The predicted molar refractivity (Wildman–Crippen MR) is 82.9 cm³/mol. The number of hydrogen-bond acceptors (Lipinski definition) is 3. The molecule has 0 aromatic heterocycles. The third-order valence-electron chi connectivity index (χ3n) is 3.73. The first kappa shape index (κ1) is 15.7. The van der Waals surface area contributed by atoms with E-state index in [4.69, 9.17) is 9.47 Å². The van der Waals surface area contributed by atoms with Crippen molar-refractivity contribution >= 4 is 6.09 Å². The zero-order chi connectivity index (χ0) is 14.9. The highest BCUT2D eigenvalue weighted by molar-refractivity contribution is 5.70. The molecule has 1 saturated carbocycles. The largest absolute Gasteiger partial charge is 0.494 e. The first-order chi connectivity index (χ1) is 10.3.